The number of aromatic nitrogens is 5. The van der Waals surface area contributed by atoms with Crippen LogP contribution < -0.4 is 20.9 Å². The normalized spacial score (nSPS) is 18.0. The minimum Gasteiger partial charge on any atom is -0.374 e. The minimum absolute atomic E-state index is 0.0260. The van der Waals surface area contributed by atoms with E-state index in [1.54, 1.807) is 6.07 Å². The van der Waals surface area contributed by atoms with Crippen molar-refractivity contribution in [3.05, 3.63) is 83.9 Å². The molecule has 15 heteroatoms. The first kappa shape index (κ1) is 37.0. The summed E-state index contributed by atoms with van der Waals surface area (Å²) in [4.78, 5) is 58.4. The van der Waals surface area contributed by atoms with Crippen molar-refractivity contribution in [3.8, 4) is 11.3 Å². The quantitative estimate of drug-likeness (QED) is 0.146. The molecule has 3 fully saturated rings. The number of hydrogen-bond donors (Lipinski definition) is 3. The molecule has 3 aromatic heterocycles. The molecule has 13 nitrogen and oxygen atoms in total. The minimum atomic E-state index is -0.669. The van der Waals surface area contributed by atoms with Gasteiger partial charge < -0.3 is 25.0 Å². The van der Waals surface area contributed by atoms with E-state index in [0.717, 1.165) is 55.5 Å². The third-order valence-corrected chi connectivity index (χ3v) is 11.0. The average molecular weight is 763 g/mol. The first-order valence-corrected chi connectivity index (χ1v) is 19.2. The number of nitrogens with zero attached hydrogens (tertiary/aromatic N) is 7. The molecule has 0 aliphatic carbocycles. The van der Waals surface area contributed by atoms with Gasteiger partial charge in [-0.25, -0.2) is 28.7 Å². The number of imide groups is 1. The van der Waals surface area contributed by atoms with E-state index in [-0.39, 0.29) is 52.4 Å². The first-order chi connectivity index (χ1) is 27.0. The molecule has 0 spiro atoms. The molecular weight excluding hydrogens is 719 g/mol. The Balaban J connectivity index is 0.807. The van der Waals surface area contributed by atoms with Crippen LogP contribution in [0.4, 0.5) is 31.9 Å². The monoisotopic (exact) mass is 762 g/mol. The van der Waals surface area contributed by atoms with Crippen LogP contribution in [0, 0.1) is 30.4 Å². The average Bonchev–Trinajstić information content (AvgIpc) is 3.51. The predicted molar refractivity (Wildman–Crippen MR) is 208 cm³/mol. The van der Waals surface area contributed by atoms with Gasteiger partial charge in [-0.2, -0.15) is 0 Å². The summed E-state index contributed by atoms with van der Waals surface area (Å²) in [6, 6.07) is 14.2. The maximum absolute atomic E-state index is 15.1. The number of halogens is 2. The van der Waals surface area contributed by atoms with Crippen LogP contribution in [0.25, 0.3) is 22.3 Å². The van der Waals surface area contributed by atoms with E-state index < -0.39 is 17.7 Å². The number of carbonyl (C=O) groups is 3. The van der Waals surface area contributed by atoms with Crippen molar-refractivity contribution in [3.63, 3.8) is 0 Å². The standard InChI is InChI=1S/C41H44F2N10O3/c1-23(2)53-24(3)46-38-31(42)17-27(18-34(38)53)37-32(43)20-45-41(50-37)48-35-10-4-26(19-44-35)16-25-12-14-51(15-13-25)40(56)28-21-52(22-28)30-7-5-29(6-8-30)47-33-9-11-36(54)49-39(33)55/h4-8,10,17-20,23,25,28,33,47H,9,11-16,21-22H2,1-3H3,(H,49,54,55)(H,44,45,48,50). The zero-order valence-electron chi connectivity index (χ0n) is 31.6. The van der Waals surface area contributed by atoms with Crippen LogP contribution in [-0.2, 0) is 20.8 Å². The molecule has 5 aromatic rings. The van der Waals surface area contributed by atoms with Crippen LogP contribution in [0.5, 0.6) is 0 Å². The van der Waals surface area contributed by atoms with E-state index in [2.05, 4.69) is 40.8 Å². The largest absolute Gasteiger partial charge is 0.374 e. The van der Waals surface area contributed by atoms with Gasteiger partial charge in [-0.3, -0.25) is 19.7 Å². The van der Waals surface area contributed by atoms with Crippen LogP contribution in [0.15, 0.2) is 60.9 Å². The Morgan fingerprint density at radius 3 is 2.41 bits per heavy atom. The number of amides is 3. The SMILES string of the molecule is Cc1nc2c(F)cc(-c3nc(Nc4ccc(CC5CCN(C(=O)C6CN(c7ccc(NC8CCC(=O)NC8=O)cc7)C6)CC5)cn4)ncc3F)cc2n1C(C)C. The molecule has 1 unspecified atom stereocenters. The van der Waals surface area contributed by atoms with Gasteiger partial charge in [0, 0.05) is 61.8 Å². The van der Waals surface area contributed by atoms with Crippen molar-refractivity contribution in [1.82, 2.24) is 34.7 Å². The number of benzene rings is 2. The van der Waals surface area contributed by atoms with Gasteiger partial charge in [-0.1, -0.05) is 6.07 Å². The van der Waals surface area contributed by atoms with E-state index in [9.17, 15) is 14.4 Å². The summed E-state index contributed by atoms with van der Waals surface area (Å²) in [5, 5.41) is 8.61. The molecule has 0 saturated carbocycles. The lowest BCUT2D eigenvalue weighted by molar-refractivity contribution is -0.138. The summed E-state index contributed by atoms with van der Waals surface area (Å²) < 4.78 is 32.0. The van der Waals surface area contributed by atoms with Crippen LogP contribution in [0.2, 0.25) is 0 Å². The lowest BCUT2D eigenvalue weighted by Gasteiger charge is -2.43. The molecule has 0 radical (unpaired) electrons. The fourth-order valence-electron chi connectivity index (χ4n) is 8.02. The molecule has 3 aliphatic heterocycles. The Bertz CT molecular complexity index is 2280. The fourth-order valence-corrected chi connectivity index (χ4v) is 8.02. The van der Waals surface area contributed by atoms with Crippen LogP contribution in [0.3, 0.4) is 0 Å². The van der Waals surface area contributed by atoms with Crippen LogP contribution in [-0.4, -0.2) is 79.3 Å². The number of imidazole rings is 1. The number of nitrogens with one attached hydrogen (secondary N) is 3. The van der Waals surface area contributed by atoms with Gasteiger partial charge in [-0.05, 0) is 100 Å². The van der Waals surface area contributed by atoms with Gasteiger partial charge in [0.1, 0.15) is 28.9 Å². The van der Waals surface area contributed by atoms with Crippen molar-refractivity contribution in [2.24, 2.45) is 11.8 Å². The summed E-state index contributed by atoms with van der Waals surface area (Å²) in [6.07, 6.45) is 6.35. The summed E-state index contributed by atoms with van der Waals surface area (Å²) in [7, 11) is 0. The Kier molecular flexibility index (Phi) is 10.1. The molecule has 3 N–H and O–H groups in total. The Labute approximate surface area is 322 Å². The summed E-state index contributed by atoms with van der Waals surface area (Å²) >= 11 is 0. The summed E-state index contributed by atoms with van der Waals surface area (Å²) in [5.74, 6) is 0.173. The molecule has 6 heterocycles. The third kappa shape index (κ3) is 7.62. The number of anilines is 4. The number of likely N-dealkylation sites (tertiary alicyclic amines) is 1. The van der Waals surface area contributed by atoms with Crippen molar-refractivity contribution in [1.29, 1.82) is 0 Å². The Morgan fingerprint density at radius 1 is 0.946 bits per heavy atom. The fraction of sp³-hybridized carbons (Fsp3) is 0.390. The lowest BCUT2D eigenvalue weighted by atomic mass is 9.89. The van der Waals surface area contributed by atoms with Gasteiger partial charge >= 0.3 is 0 Å². The second-order valence-corrected chi connectivity index (χ2v) is 15.3. The smallest absolute Gasteiger partial charge is 0.249 e. The molecule has 1 atom stereocenters. The van der Waals surface area contributed by atoms with Gasteiger partial charge in [-0.15, -0.1) is 0 Å². The van der Waals surface area contributed by atoms with E-state index in [0.29, 0.717) is 49.0 Å². The molecular formula is C41H44F2N10O3. The van der Waals surface area contributed by atoms with E-state index in [1.807, 2.05) is 72.8 Å². The van der Waals surface area contributed by atoms with Gasteiger partial charge in [0.05, 0.1) is 17.6 Å². The van der Waals surface area contributed by atoms with E-state index in [1.165, 1.54) is 6.07 Å². The topological polar surface area (TPSA) is 150 Å². The third-order valence-electron chi connectivity index (χ3n) is 11.0. The summed E-state index contributed by atoms with van der Waals surface area (Å²) in [6.45, 7) is 8.59. The maximum atomic E-state index is 15.1. The molecule has 0 bridgehead atoms. The highest BCUT2D eigenvalue weighted by Crippen LogP contribution is 2.32. The second-order valence-electron chi connectivity index (χ2n) is 15.3. The van der Waals surface area contributed by atoms with Gasteiger partial charge in [0.25, 0.3) is 0 Å². The predicted octanol–water partition coefficient (Wildman–Crippen LogP) is 5.93. The number of carbonyl (C=O) groups excluding carboxylic acids is 3. The van der Waals surface area contributed by atoms with Crippen molar-refractivity contribution in [2.75, 3.05) is 41.7 Å². The molecule has 8 rings (SSSR count). The Morgan fingerprint density at radius 2 is 1.71 bits per heavy atom. The van der Waals surface area contributed by atoms with Gasteiger partial charge in [0.15, 0.2) is 11.6 Å². The number of piperidine rings is 2. The Hall–Kier alpha value is -5.99. The molecule has 56 heavy (non-hydrogen) atoms. The number of hydrogen-bond acceptors (Lipinski definition) is 10. The highest BCUT2D eigenvalue weighted by atomic mass is 19.1. The van der Waals surface area contributed by atoms with Crippen LogP contribution in [0.1, 0.15) is 57.0 Å². The lowest BCUT2D eigenvalue weighted by Crippen LogP contribution is -2.55. The molecule has 2 aromatic carbocycles. The number of pyridine rings is 1. The number of aryl methyl sites for hydroxylation is 1. The maximum Gasteiger partial charge on any atom is 0.249 e. The molecule has 3 aliphatic rings. The van der Waals surface area contributed by atoms with Crippen molar-refractivity contribution >= 4 is 51.9 Å². The first-order valence-electron chi connectivity index (χ1n) is 19.2. The number of rotatable bonds is 10. The molecule has 3 amide bonds. The van der Waals surface area contributed by atoms with E-state index >= 15 is 8.78 Å². The molecule has 290 valence electrons. The zero-order valence-corrected chi connectivity index (χ0v) is 31.6. The van der Waals surface area contributed by atoms with E-state index in [4.69, 9.17) is 0 Å². The number of fused-ring (bicyclic) bond motifs is 1. The molecule has 3 saturated heterocycles. The van der Waals surface area contributed by atoms with Gasteiger partial charge in [0.2, 0.25) is 23.7 Å². The van der Waals surface area contributed by atoms with Crippen molar-refractivity contribution < 1.29 is 23.2 Å². The zero-order chi connectivity index (χ0) is 39.1. The second kappa shape index (κ2) is 15.3. The summed E-state index contributed by atoms with van der Waals surface area (Å²) in [5.41, 5.74) is 3.99. The van der Waals surface area contributed by atoms with Crippen molar-refractivity contribution in [2.45, 2.75) is 65.0 Å². The van der Waals surface area contributed by atoms with Crippen LogP contribution >= 0.6 is 0 Å². The highest BCUT2D eigenvalue weighted by molar-refractivity contribution is 6.01. The highest BCUT2D eigenvalue weighted by Gasteiger charge is 2.37.